The third kappa shape index (κ3) is 17.4. The number of halogens is 1. The maximum Gasteiger partial charge on any atom is 0.326 e. The number of phenols is 2. The average Bonchev–Trinajstić information content (AvgIpc) is 3.25. The van der Waals surface area contributed by atoms with Crippen LogP contribution in [0.3, 0.4) is 0 Å². The highest BCUT2D eigenvalue weighted by Crippen LogP contribution is 2.16. The maximum atomic E-state index is 14.3. The van der Waals surface area contributed by atoms with Gasteiger partial charge in [0.1, 0.15) is 47.8 Å². The van der Waals surface area contributed by atoms with Gasteiger partial charge in [0, 0.05) is 37.0 Å². The third-order valence-corrected chi connectivity index (χ3v) is 10.9. The molecule has 0 aliphatic heterocycles. The molecule has 3 aromatic carbocycles. The predicted molar refractivity (Wildman–Crippen MR) is 240 cm³/mol. The molecule has 342 valence electrons. The lowest BCUT2D eigenvalue weighted by Crippen LogP contribution is -2.61. The van der Waals surface area contributed by atoms with Gasteiger partial charge >= 0.3 is 5.97 Å². The van der Waals surface area contributed by atoms with Crippen molar-refractivity contribution in [3.63, 3.8) is 0 Å². The Bertz CT molecular complexity index is 2010. The van der Waals surface area contributed by atoms with E-state index in [0.29, 0.717) is 41.0 Å². The molecule has 0 saturated carbocycles. The van der Waals surface area contributed by atoms with E-state index in [1.807, 2.05) is 6.92 Å². The molecule has 7 unspecified atom stereocenters. The van der Waals surface area contributed by atoms with Crippen molar-refractivity contribution in [3.05, 3.63) is 94.5 Å². The second-order valence-corrected chi connectivity index (χ2v) is 16.0. The Morgan fingerprint density at radius 1 is 0.603 bits per heavy atom. The normalized spacial score (nSPS) is 14.3. The number of carbonyl (C=O) groups is 7. The van der Waals surface area contributed by atoms with Crippen molar-refractivity contribution in [1.82, 2.24) is 31.9 Å². The monoisotopic (exact) mass is 911 g/mol. The van der Waals surface area contributed by atoms with Gasteiger partial charge < -0.3 is 53.0 Å². The molecule has 17 nitrogen and oxygen atoms in total. The number of aromatic hydroxyl groups is 2. The second-order valence-electron chi connectivity index (χ2n) is 15.2. The number of unbranched alkanes of at least 4 members (excludes halogenated alkanes) is 1. The number of nitrogens with two attached hydrogens (primary N) is 1. The van der Waals surface area contributed by atoms with E-state index < -0.39 is 83.6 Å². The molecule has 11 N–H and O–H groups in total. The molecule has 0 aliphatic rings. The number of hydrogen-bond donors (Lipinski definition) is 11. The molecule has 6 amide bonds. The van der Waals surface area contributed by atoms with E-state index in [-0.39, 0.29) is 49.5 Å². The summed E-state index contributed by atoms with van der Waals surface area (Å²) in [5, 5.41) is 45.9. The molecule has 0 spiro atoms. The van der Waals surface area contributed by atoms with E-state index in [0.717, 1.165) is 0 Å². The molecule has 0 saturated heterocycles. The van der Waals surface area contributed by atoms with Crippen LogP contribution in [0.2, 0.25) is 5.02 Å². The number of phenolic OH excluding ortho intramolecular Hbond substituents is 2. The standard InChI is InChI=1S/C44H58ClN7O10S/c1-4-25(2)38(52-42(59)37(24-63)47-26(3)53)43(60)50-35(22-28-10-16-31(54)17-11-28)40(57)48-33(7-5-6-20-46)39(56)49-34(21-27-8-14-30(45)15-9-27)41(58)51-36(44(61)62)23-29-12-18-32(55)19-13-29/h8-19,25,33-38,54-55,63H,4-7,20-24,46H2,1-3H3,(H,47,53)(H,48,57)(H,49,56)(H,50,60)(H,51,58)(H,52,59)(H,61,62). The molecule has 19 heteroatoms. The summed E-state index contributed by atoms with van der Waals surface area (Å²) in [5.41, 5.74) is 7.38. The summed E-state index contributed by atoms with van der Waals surface area (Å²) in [6.07, 6.45) is 0.999. The van der Waals surface area contributed by atoms with E-state index in [9.17, 15) is 48.9 Å². The van der Waals surface area contributed by atoms with Crippen LogP contribution in [0.5, 0.6) is 11.5 Å². The molecule has 3 rings (SSSR count). The molecule has 0 fully saturated rings. The number of aliphatic carboxylic acids is 1. The van der Waals surface area contributed by atoms with E-state index in [1.165, 1.54) is 43.3 Å². The predicted octanol–water partition coefficient (Wildman–Crippen LogP) is 1.90. The zero-order chi connectivity index (χ0) is 46.6. The number of carboxylic acids is 1. The number of carbonyl (C=O) groups excluding carboxylic acids is 6. The van der Waals surface area contributed by atoms with Gasteiger partial charge in [0.15, 0.2) is 0 Å². The quantitative estimate of drug-likeness (QED) is 0.0432. The number of rotatable bonds is 25. The molecule has 0 heterocycles. The van der Waals surface area contributed by atoms with Gasteiger partial charge in [0.2, 0.25) is 35.4 Å². The first kappa shape index (κ1) is 51.5. The number of thiol groups is 1. The van der Waals surface area contributed by atoms with Gasteiger partial charge in [-0.1, -0.05) is 68.3 Å². The molecular weight excluding hydrogens is 854 g/mol. The van der Waals surface area contributed by atoms with Crippen molar-refractivity contribution in [3.8, 4) is 11.5 Å². The topological polar surface area (TPSA) is 278 Å². The lowest BCUT2D eigenvalue weighted by Gasteiger charge is -2.29. The van der Waals surface area contributed by atoms with E-state index in [1.54, 1.807) is 43.3 Å². The Balaban J connectivity index is 1.95. The minimum Gasteiger partial charge on any atom is -0.508 e. The summed E-state index contributed by atoms with van der Waals surface area (Å²) in [4.78, 5) is 93.8. The summed E-state index contributed by atoms with van der Waals surface area (Å²) in [5.74, 6) is -6.15. The molecule has 0 aromatic heterocycles. The number of nitrogens with one attached hydrogen (secondary N) is 6. The molecule has 3 aromatic rings. The van der Waals surface area contributed by atoms with Gasteiger partial charge in [0.05, 0.1) is 0 Å². The first-order valence-corrected chi connectivity index (χ1v) is 21.6. The molecular formula is C44H58ClN7O10S. The molecule has 0 aliphatic carbocycles. The Morgan fingerprint density at radius 2 is 1.02 bits per heavy atom. The van der Waals surface area contributed by atoms with Gasteiger partial charge in [-0.2, -0.15) is 12.6 Å². The summed E-state index contributed by atoms with van der Waals surface area (Å²) >= 11 is 10.3. The zero-order valence-corrected chi connectivity index (χ0v) is 37.1. The van der Waals surface area contributed by atoms with E-state index >= 15 is 0 Å². The minimum absolute atomic E-state index is 0.0239. The zero-order valence-electron chi connectivity index (χ0n) is 35.4. The smallest absolute Gasteiger partial charge is 0.326 e. The Morgan fingerprint density at radius 3 is 1.46 bits per heavy atom. The Kier molecular flexibility index (Phi) is 21.2. The highest BCUT2D eigenvalue weighted by atomic mass is 35.5. The van der Waals surface area contributed by atoms with Crippen LogP contribution in [-0.2, 0) is 52.8 Å². The maximum absolute atomic E-state index is 14.3. The molecule has 7 atom stereocenters. The van der Waals surface area contributed by atoms with Gasteiger partial charge in [-0.05, 0) is 84.8 Å². The first-order chi connectivity index (χ1) is 29.9. The van der Waals surface area contributed by atoms with Gasteiger partial charge in [-0.15, -0.1) is 0 Å². The number of amides is 6. The second kappa shape index (κ2) is 25.9. The average molecular weight is 913 g/mol. The van der Waals surface area contributed by atoms with Crippen molar-refractivity contribution >= 4 is 65.6 Å². The Hall–Kier alpha value is -5.85. The van der Waals surface area contributed by atoms with Crippen LogP contribution in [0.15, 0.2) is 72.8 Å². The van der Waals surface area contributed by atoms with Crippen LogP contribution in [0.25, 0.3) is 0 Å². The van der Waals surface area contributed by atoms with Crippen LogP contribution in [0.1, 0.15) is 63.1 Å². The van der Waals surface area contributed by atoms with Crippen LogP contribution in [0.4, 0.5) is 0 Å². The summed E-state index contributed by atoms with van der Waals surface area (Å²) < 4.78 is 0. The van der Waals surface area contributed by atoms with Crippen LogP contribution in [0, 0.1) is 5.92 Å². The number of hydrogen-bond acceptors (Lipinski definition) is 11. The minimum atomic E-state index is -1.42. The highest BCUT2D eigenvalue weighted by molar-refractivity contribution is 7.80. The summed E-state index contributed by atoms with van der Waals surface area (Å²) in [7, 11) is 0. The number of carboxylic acid groups (broad SMARTS) is 1. The van der Waals surface area contributed by atoms with Crippen molar-refractivity contribution in [2.45, 2.75) is 102 Å². The fourth-order valence-corrected chi connectivity index (χ4v) is 6.83. The van der Waals surface area contributed by atoms with Crippen molar-refractivity contribution in [1.29, 1.82) is 0 Å². The van der Waals surface area contributed by atoms with Crippen molar-refractivity contribution in [2.75, 3.05) is 12.3 Å². The Labute approximate surface area is 377 Å². The van der Waals surface area contributed by atoms with E-state index in [4.69, 9.17) is 17.3 Å². The van der Waals surface area contributed by atoms with E-state index in [2.05, 4.69) is 44.5 Å². The lowest BCUT2D eigenvalue weighted by molar-refractivity contribution is -0.142. The summed E-state index contributed by atoms with van der Waals surface area (Å²) in [6, 6.07) is 10.6. The van der Waals surface area contributed by atoms with Gasteiger partial charge in [-0.3, -0.25) is 28.8 Å². The van der Waals surface area contributed by atoms with Crippen LogP contribution >= 0.6 is 24.2 Å². The lowest BCUT2D eigenvalue weighted by atomic mass is 9.96. The summed E-state index contributed by atoms with van der Waals surface area (Å²) in [6.45, 7) is 5.06. The largest absolute Gasteiger partial charge is 0.508 e. The molecule has 0 bridgehead atoms. The van der Waals surface area contributed by atoms with Crippen LogP contribution in [-0.4, -0.2) is 105 Å². The first-order valence-electron chi connectivity index (χ1n) is 20.6. The number of benzene rings is 3. The van der Waals surface area contributed by atoms with Crippen molar-refractivity contribution in [2.24, 2.45) is 11.7 Å². The van der Waals surface area contributed by atoms with Gasteiger partial charge in [-0.25, -0.2) is 4.79 Å². The molecule has 0 radical (unpaired) electrons. The highest BCUT2D eigenvalue weighted by Gasteiger charge is 2.35. The fraction of sp³-hybridized carbons (Fsp3) is 0.432. The van der Waals surface area contributed by atoms with Gasteiger partial charge in [0.25, 0.3) is 0 Å². The SMILES string of the molecule is CCC(C)C(NC(=O)C(CS)NC(C)=O)C(=O)NC(Cc1ccc(O)cc1)C(=O)NC(CCCCN)C(=O)NC(Cc1ccc(Cl)cc1)C(=O)NC(Cc1ccc(O)cc1)C(=O)O. The van der Waals surface area contributed by atoms with Crippen LogP contribution < -0.4 is 37.6 Å². The van der Waals surface area contributed by atoms with Crippen molar-refractivity contribution < 1.29 is 48.9 Å². The third-order valence-electron chi connectivity index (χ3n) is 10.2. The molecule has 63 heavy (non-hydrogen) atoms. The fourth-order valence-electron chi connectivity index (χ4n) is 6.45.